The Hall–Kier alpha value is -2.50. The summed E-state index contributed by atoms with van der Waals surface area (Å²) in [6.07, 6.45) is 0. The Bertz CT molecular complexity index is 956. The lowest BCUT2D eigenvalue weighted by Crippen LogP contribution is -2.30. The Morgan fingerprint density at radius 3 is 2.48 bits per heavy atom. The minimum absolute atomic E-state index is 0.0787. The molecule has 27 heavy (non-hydrogen) atoms. The number of hydrogen-bond donors (Lipinski definition) is 2. The van der Waals surface area contributed by atoms with E-state index in [1.54, 1.807) is 12.1 Å². The van der Waals surface area contributed by atoms with Crippen molar-refractivity contribution < 1.29 is 14.7 Å². The number of halogens is 2. The van der Waals surface area contributed by atoms with Crippen molar-refractivity contribution in [3.63, 3.8) is 0 Å². The standard InChI is InChI=1S/C20H18Cl2N2O3/c1-11(23-19(26)15-10-24(2)20(27)18(15)25)12-4-3-5-13(8-12)14-6-7-16(21)17(22)9-14/h3-9,11,25H,10H2,1-2H3,(H,23,26). The fourth-order valence-electron chi connectivity index (χ4n) is 2.90. The molecular weight excluding hydrogens is 387 g/mol. The number of rotatable bonds is 4. The van der Waals surface area contributed by atoms with E-state index in [9.17, 15) is 14.7 Å². The summed E-state index contributed by atoms with van der Waals surface area (Å²) in [7, 11) is 1.53. The van der Waals surface area contributed by atoms with Gasteiger partial charge in [0.1, 0.15) is 0 Å². The number of carbonyl (C=O) groups is 2. The summed E-state index contributed by atoms with van der Waals surface area (Å²) in [5.41, 5.74) is 2.80. The highest BCUT2D eigenvalue weighted by molar-refractivity contribution is 6.42. The average Bonchev–Trinajstić information content (AvgIpc) is 2.91. The van der Waals surface area contributed by atoms with Crippen LogP contribution >= 0.6 is 23.2 Å². The fourth-order valence-corrected chi connectivity index (χ4v) is 3.20. The van der Waals surface area contributed by atoms with E-state index in [0.29, 0.717) is 10.0 Å². The van der Waals surface area contributed by atoms with Crippen LogP contribution in [0.4, 0.5) is 0 Å². The molecule has 2 aromatic rings. The lowest BCUT2D eigenvalue weighted by molar-refractivity contribution is -0.126. The van der Waals surface area contributed by atoms with Gasteiger partial charge in [-0.3, -0.25) is 9.59 Å². The molecule has 3 rings (SSSR count). The molecule has 7 heteroatoms. The van der Waals surface area contributed by atoms with Gasteiger partial charge < -0.3 is 15.3 Å². The molecule has 0 fully saturated rings. The van der Waals surface area contributed by atoms with Crippen molar-refractivity contribution in [2.24, 2.45) is 0 Å². The van der Waals surface area contributed by atoms with E-state index < -0.39 is 17.6 Å². The van der Waals surface area contributed by atoms with E-state index in [4.69, 9.17) is 23.2 Å². The normalized spacial score (nSPS) is 15.3. The van der Waals surface area contributed by atoms with Gasteiger partial charge in [-0.25, -0.2) is 0 Å². The monoisotopic (exact) mass is 404 g/mol. The first kappa shape index (κ1) is 19.3. The second-order valence-electron chi connectivity index (χ2n) is 6.44. The molecule has 0 radical (unpaired) electrons. The number of nitrogens with zero attached hydrogens (tertiary/aromatic N) is 1. The van der Waals surface area contributed by atoms with Crippen molar-refractivity contribution >= 4 is 35.0 Å². The van der Waals surface area contributed by atoms with E-state index >= 15 is 0 Å². The minimum Gasteiger partial charge on any atom is -0.503 e. The summed E-state index contributed by atoms with van der Waals surface area (Å²) in [5, 5.41) is 13.6. The van der Waals surface area contributed by atoms with Crippen LogP contribution in [0.25, 0.3) is 11.1 Å². The van der Waals surface area contributed by atoms with Crippen LogP contribution in [0, 0.1) is 0 Å². The second-order valence-corrected chi connectivity index (χ2v) is 7.25. The van der Waals surface area contributed by atoms with Gasteiger partial charge in [-0.15, -0.1) is 0 Å². The first-order chi connectivity index (χ1) is 12.8. The molecular formula is C20H18Cl2N2O3. The van der Waals surface area contributed by atoms with E-state index in [2.05, 4.69) is 5.32 Å². The molecule has 1 unspecified atom stereocenters. The van der Waals surface area contributed by atoms with Crippen molar-refractivity contribution in [2.75, 3.05) is 13.6 Å². The van der Waals surface area contributed by atoms with Crippen molar-refractivity contribution in [2.45, 2.75) is 13.0 Å². The molecule has 1 heterocycles. The molecule has 0 aromatic heterocycles. The van der Waals surface area contributed by atoms with Crippen LogP contribution in [-0.4, -0.2) is 35.4 Å². The van der Waals surface area contributed by atoms with Gasteiger partial charge in [-0.1, -0.05) is 47.5 Å². The van der Waals surface area contributed by atoms with Crippen LogP contribution in [0.5, 0.6) is 0 Å². The first-order valence-electron chi connectivity index (χ1n) is 8.31. The van der Waals surface area contributed by atoms with Gasteiger partial charge in [-0.05, 0) is 41.8 Å². The maximum absolute atomic E-state index is 12.4. The second kappa shape index (κ2) is 7.62. The summed E-state index contributed by atoms with van der Waals surface area (Å²) < 4.78 is 0. The number of aliphatic hydroxyl groups is 1. The zero-order chi connectivity index (χ0) is 19.7. The van der Waals surface area contributed by atoms with Gasteiger partial charge in [0.15, 0.2) is 5.76 Å². The highest BCUT2D eigenvalue weighted by atomic mass is 35.5. The molecule has 5 nitrogen and oxygen atoms in total. The lowest BCUT2D eigenvalue weighted by Gasteiger charge is -2.16. The number of nitrogens with one attached hydrogen (secondary N) is 1. The predicted octanol–water partition coefficient (Wildman–Crippen LogP) is 4.12. The number of aliphatic hydroxyl groups excluding tert-OH is 1. The summed E-state index contributed by atoms with van der Waals surface area (Å²) in [6, 6.07) is 12.8. The van der Waals surface area contributed by atoms with Gasteiger partial charge >= 0.3 is 0 Å². The van der Waals surface area contributed by atoms with E-state index in [0.717, 1.165) is 16.7 Å². The molecule has 0 saturated heterocycles. The molecule has 0 spiro atoms. The summed E-state index contributed by atoms with van der Waals surface area (Å²) in [4.78, 5) is 25.4. The SMILES string of the molecule is CC(NC(=O)C1=C(O)C(=O)N(C)C1)c1cccc(-c2ccc(Cl)c(Cl)c2)c1. The van der Waals surface area contributed by atoms with Crippen molar-refractivity contribution in [1.82, 2.24) is 10.2 Å². The number of amides is 2. The molecule has 2 aromatic carbocycles. The minimum atomic E-state index is -0.547. The summed E-state index contributed by atoms with van der Waals surface area (Å²) >= 11 is 12.1. The summed E-state index contributed by atoms with van der Waals surface area (Å²) in [6.45, 7) is 1.93. The van der Waals surface area contributed by atoms with E-state index in [1.807, 2.05) is 37.3 Å². The number of likely N-dealkylation sites (N-methyl/N-ethyl adjacent to an activating group) is 1. The molecule has 1 atom stereocenters. The lowest BCUT2D eigenvalue weighted by atomic mass is 10.00. The molecule has 1 aliphatic heterocycles. The topological polar surface area (TPSA) is 69.6 Å². The van der Waals surface area contributed by atoms with E-state index in [1.165, 1.54) is 11.9 Å². The Morgan fingerprint density at radius 2 is 1.85 bits per heavy atom. The van der Waals surface area contributed by atoms with Crippen LogP contribution in [0.15, 0.2) is 53.8 Å². The molecule has 2 N–H and O–H groups in total. The predicted molar refractivity (Wildman–Crippen MR) is 106 cm³/mol. The average molecular weight is 405 g/mol. The molecule has 0 bridgehead atoms. The molecule has 1 aliphatic rings. The number of carbonyl (C=O) groups excluding carboxylic acids is 2. The number of benzene rings is 2. The Kier molecular flexibility index (Phi) is 5.44. The zero-order valence-corrected chi connectivity index (χ0v) is 16.3. The zero-order valence-electron chi connectivity index (χ0n) is 14.8. The Labute approximate surface area is 167 Å². The molecule has 2 amide bonds. The largest absolute Gasteiger partial charge is 0.503 e. The van der Waals surface area contributed by atoms with Crippen molar-refractivity contribution in [3.05, 3.63) is 69.4 Å². The molecule has 140 valence electrons. The highest BCUT2D eigenvalue weighted by Crippen LogP contribution is 2.30. The smallest absolute Gasteiger partial charge is 0.289 e. The molecule has 0 saturated carbocycles. The fraction of sp³-hybridized carbons (Fsp3) is 0.200. The van der Waals surface area contributed by atoms with Gasteiger partial charge in [0.2, 0.25) is 0 Å². The Balaban J connectivity index is 1.80. The summed E-state index contributed by atoms with van der Waals surface area (Å²) in [5.74, 6) is -1.50. The molecule has 0 aliphatic carbocycles. The third kappa shape index (κ3) is 3.94. The quantitative estimate of drug-likeness (QED) is 0.804. The third-order valence-corrected chi connectivity index (χ3v) is 5.23. The van der Waals surface area contributed by atoms with Crippen LogP contribution in [-0.2, 0) is 9.59 Å². The van der Waals surface area contributed by atoms with Gasteiger partial charge in [0, 0.05) is 7.05 Å². The van der Waals surface area contributed by atoms with Gasteiger partial charge in [0.25, 0.3) is 11.8 Å². The maximum Gasteiger partial charge on any atom is 0.289 e. The maximum atomic E-state index is 12.4. The van der Waals surface area contributed by atoms with Crippen LogP contribution in [0.3, 0.4) is 0 Å². The number of hydrogen-bond acceptors (Lipinski definition) is 3. The Morgan fingerprint density at radius 1 is 1.15 bits per heavy atom. The van der Waals surface area contributed by atoms with Gasteiger partial charge in [0.05, 0.1) is 28.2 Å². The third-order valence-electron chi connectivity index (χ3n) is 4.49. The van der Waals surface area contributed by atoms with E-state index in [-0.39, 0.29) is 18.2 Å². The van der Waals surface area contributed by atoms with Crippen molar-refractivity contribution in [1.29, 1.82) is 0 Å². The van der Waals surface area contributed by atoms with Gasteiger partial charge in [-0.2, -0.15) is 0 Å². The first-order valence-corrected chi connectivity index (χ1v) is 9.07. The highest BCUT2D eigenvalue weighted by Gasteiger charge is 2.32. The van der Waals surface area contributed by atoms with Crippen molar-refractivity contribution in [3.8, 4) is 11.1 Å². The van der Waals surface area contributed by atoms with Crippen LogP contribution < -0.4 is 5.32 Å². The van der Waals surface area contributed by atoms with Crippen LogP contribution in [0.1, 0.15) is 18.5 Å². The van der Waals surface area contributed by atoms with Crippen LogP contribution in [0.2, 0.25) is 10.0 Å².